The Kier molecular flexibility index (Phi) is 8.21. The van der Waals surface area contributed by atoms with Crippen LogP contribution in [0, 0.1) is 0 Å². The standard InChI is InChI=1S/C23H23Cl2F3N4O6S2/c1-3-40(37,38)18-5-4-13(24)6-12(18)8-32-21(33)15-7-17(23(26,27)28)16(19(25)20(15)29-22(32)34)11-31-9-14(10-31)30-39(2,35)36/h4-7,14,30H,3,8-11H2,1-2H3,(H,29,34). The quantitative estimate of drug-likeness (QED) is 0.385. The Bertz CT molecular complexity index is 1830. The van der Waals surface area contributed by atoms with Crippen molar-refractivity contribution < 1.29 is 30.0 Å². The first-order chi connectivity index (χ1) is 18.4. The van der Waals surface area contributed by atoms with Gasteiger partial charge in [0.05, 0.1) is 44.9 Å². The molecule has 4 rings (SSSR count). The van der Waals surface area contributed by atoms with Crippen molar-refractivity contribution in [3.8, 4) is 0 Å². The lowest BCUT2D eigenvalue weighted by atomic mass is 10.0. The third-order valence-corrected chi connectivity index (χ3v) is 9.65. The van der Waals surface area contributed by atoms with Gasteiger partial charge in [-0.1, -0.05) is 30.1 Å². The summed E-state index contributed by atoms with van der Waals surface area (Å²) >= 11 is 12.4. The zero-order chi connectivity index (χ0) is 29.8. The number of aromatic nitrogens is 2. The summed E-state index contributed by atoms with van der Waals surface area (Å²) in [7, 11) is -7.29. The van der Waals surface area contributed by atoms with E-state index in [-0.39, 0.29) is 46.4 Å². The van der Waals surface area contributed by atoms with Crippen LogP contribution in [0.5, 0.6) is 0 Å². The fourth-order valence-corrected chi connectivity index (χ4v) is 6.91. The van der Waals surface area contributed by atoms with Crippen LogP contribution in [-0.4, -0.2) is 62.4 Å². The predicted octanol–water partition coefficient (Wildman–Crippen LogP) is 2.59. The molecule has 0 atom stereocenters. The SMILES string of the molecule is CCS(=O)(=O)c1ccc(Cl)cc1Cn1c(=O)[nH]c2c(Cl)c(CN3CC(NS(C)(=O)=O)C3)c(C(F)(F)F)cc2c1=O. The predicted molar refractivity (Wildman–Crippen MR) is 144 cm³/mol. The Hall–Kier alpha value is -2.43. The molecule has 1 aliphatic rings. The van der Waals surface area contributed by atoms with Crippen LogP contribution in [0.4, 0.5) is 13.2 Å². The number of nitrogens with one attached hydrogen (secondary N) is 2. The van der Waals surface area contributed by atoms with Crippen molar-refractivity contribution in [3.05, 3.63) is 71.8 Å². The van der Waals surface area contributed by atoms with Crippen molar-refractivity contribution in [3.63, 3.8) is 0 Å². The van der Waals surface area contributed by atoms with E-state index in [4.69, 9.17) is 23.2 Å². The Balaban J connectivity index is 1.81. The summed E-state index contributed by atoms with van der Waals surface area (Å²) in [5.41, 5.74) is -4.02. The molecule has 0 radical (unpaired) electrons. The smallest absolute Gasteiger partial charge is 0.305 e. The number of sulfone groups is 1. The van der Waals surface area contributed by atoms with Gasteiger partial charge in [0.1, 0.15) is 0 Å². The number of alkyl halides is 3. The fourth-order valence-electron chi connectivity index (χ4n) is 4.55. The number of hydrogen-bond acceptors (Lipinski definition) is 7. The van der Waals surface area contributed by atoms with Crippen molar-refractivity contribution in [2.75, 3.05) is 25.1 Å². The van der Waals surface area contributed by atoms with Crippen LogP contribution >= 0.6 is 23.2 Å². The second-order valence-electron chi connectivity index (χ2n) is 9.39. The van der Waals surface area contributed by atoms with E-state index in [1.165, 1.54) is 30.0 Å². The molecule has 0 amide bonds. The number of hydrogen-bond donors (Lipinski definition) is 2. The van der Waals surface area contributed by atoms with Crippen molar-refractivity contribution in [1.82, 2.24) is 19.2 Å². The van der Waals surface area contributed by atoms with Crippen LogP contribution in [0.15, 0.2) is 38.8 Å². The summed E-state index contributed by atoms with van der Waals surface area (Å²) in [6, 6.07) is 3.93. The molecule has 1 fully saturated rings. The molecule has 2 aromatic carbocycles. The van der Waals surface area contributed by atoms with Crippen molar-refractivity contribution >= 4 is 54.0 Å². The maximum atomic E-state index is 14.1. The molecule has 0 bridgehead atoms. The van der Waals surface area contributed by atoms with Gasteiger partial charge in [0.2, 0.25) is 10.0 Å². The Labute approximate surface area is 236 Å². The molecule has 1 saturated heterocycles. The molecule has 0 spiro atoms. The molecular formula is C23H23Cl2F3N4O6S2. The fraction of sp³-hybridized carbons (Fsp3) is 0.391. The number of likely N-dealkylation sites (tertiary alicyclic amines) is 1. The maximum Gasteiger partial charge on any atom is 0.416 e. The molecule has 17 heteroatoms. The molecule has 1 aliphatic heterocycles. The highest BCUT2D eigenvalue weighted by Gasteiger charge is 2.38. The van der Waals surface area contributed by atoms with Gasteiger partial charge in [-0.25, -0.2) is 26.4 Å². The normalized spacial score (nSPS) is 15.5. The minimum atomic E-state index is -4.93. The first-order valence-corrected chi connectivity index (χ1v) is 16.0. The van der Waals surface area contributed by atoms with Gasteiger partial charge < -0.3 is 4.98 Å². The zero-order valence-electron chi connectivity index (χ0n) is 21.0. The van der Waals surface area contributed by atoms with Crippen LogP contribution in [0.25, 0.3) is 10.9 Å². The topological polar surface area (TPSA) is 138 Å². The number of halogens is 5. The molecule has 218 valence electrons. The van der Waals surface area contributed by atoms with Gasteiger partial charge in [-0.2, -0.15) is 13.2 Å². The highest BCUT2D eigenvalue weighted by Crippen LogP contribution is 2.39. The lowest BCUT2D eigenvalue weighted by Gasteiger charge is -2.39. The number of fused-ring (bicyclic) bond motifs is 1. The van der Waals surface area contributed by atoms with Gasteiger partial charge in [-0.05, 0) is 35.4 Å². The van der Waals surface area contributed by atoms with E-state index in [0.29, 0.717) is 10.6 Å². The van der Waals surface area contributed by atoms with E-state index in [2.05, 4.69) is 9.71 Å². The summed E-state index contributed by atoms with van der Waals surface area (Å²) < 4.78 is 93.2. The minimum Gasteiger partial charge on any atom is -0.305 e. The largest absolute Gasteiger partial charge is 0.416 e. The molecule has 0 aliphatic carbocycles. The van der Waals surface area contributed by atoms with Gasteiger partial charge in [0.15, 0.2) is 9.84 Å². The molecule has 3 aromatic rings. The molecule has 2 heterocycles. The number of rotatable bonds is 8. The van der Waals surface area contributed by atoms with Gasteiger partial charge >= 0.3 is 11.9 Å². The number of nitrogens with zero attached hydrogens (tertiary/aromatic N) is 2. The van der Waals surface area contributed by atoms with E-state index in [0.717, 1.165) is 6.26 Å². The Morgan fingerprint density at radius 1 is 1.07 bits per heavy atom. The second kappa shape index (κ2) is 10.8. The lowest BCUT2D eigenvalue weighted by molar-refractivity contribution is -0.138. The van der Waals surface area contributed by atoms with Crippen LogP contribution in [0.1, 0.15) is 23.6 Å². The number of H-pyrrole nitrogens is 1. The lowest BCUT2D eigenvalue weighted by Crippen LogP contribution is -2.58. The van der Waals surface area contributed by atoms with Crippen molar-refractivity contribution in [1.29, 1.82) is 0 Å². The number of benzene rings is 2. The van der Waals surface area contributed by atoms with Gasteiger partial charge in [-0.15, -0.1) is 0 Å². The Morgan fingerprint density at radius 2 is 1.73 bits per heavy atom. The van der Waals surface area contributed by atoms with E-state index in [9.17, 15) is 39.6 Å². The molecular weight excluding hydrogens is 620 g/mol. The molecule has 10 nitrogen and oxygen atoms in total. The van der Waals surface area contributed by atoms with Crippen LogP contribution in [0.2, 0.25) is 10.0 Å². The Morgan fingerprint density at radius 3 is 2.30 bits per heavy atom. The molecule has 0 unspecified atom stereocenters. The van der Waals surface area contributed by atoms with Crippen LogP contribution < -0.4 is 16.0 Å². The van der Waals surface area contributed by atoms with Gasteiger partial charge in [0, 0.05) is 30.7 Å². The third kappa shape index (κ3) is 6.24. The van der Waals surface area contributed by atoms with E-state index in [1.807, 2.05) is 0 Å². The van der Waals surface area contributed by atoms with E-state index in [1.54, 1.807) is 0 Å². The minimum absolute atomic E-state index is 0.00935. The summed E-state index contributed by atoms with van der Waals surface area (Å²) in [6.07, 6.45) is -3.96. The van der Waals surface area contributed by atoms with Gasteiger partial charge in [-0.3, -0.25) is 14.3 Å². The van der Waals surface area contributed by atoms with Crippen molar-refractivity contribution in [2.45, 2.75) is 37.1 Å². The average molecular weight is 643 g/mol. The monoisotopic (exact) mass is 642 g/mol. The first-order valence-electron chi connectivity index (χ1n) is 11.7. The average Bonchev–Trinajstić information content (AvgIpc) is 2.80. The molecule has 1 aromatic heterocycles. The summed E-state index contributed by atoms with van der Waals surface area (Å²) in [6.45, 7) is 0.752. The highest BCUT2D eigenvalue weighted by molar-refractivity contribution is 7.91. The molecule has 2 N–H and O–H groups in total. The van der Waals surface area contributed by atoms with E-state index >= 15 is 0 Å². The van der Waals surface area contributed by atoms with Gasteiger partial charge in [0.25, 0.3) is 5.56 Å². The summed E-state index contributed by atoms with van der Waals surface area (Å²) in [5.74, 6) is -0.278. The first kappa shape index (κ1) is 30.5. The maximum absolute atomic E-state index is 14.1. The third-order valence-electron chi connectivity index (χ3n) is 6.41. The van der Waals surface area contributed by atoms with E-state index < -0.39 is 71.4 Å². The second-order valence-corrected chi connectivity index (χ2v) is 14.2. The van der Waals surface area contributed by atoms with Crippen LogP contribution in [0.3, 0.4) is 0 Å². The summed E-state index contributed by atoms with van der Waals surface area (Å²) in [5, 5.41) is -0.882. The van der Waals surface area contributed by atoms with Crippen molar-refractivity contribution in [2.24, 2.45) is 0 Å². The number of aromatic amines is 1. The summed E-state index contributed by atoms with van der Waals surface area (Å²) in [4.78, 5) is 30.0. The number of sulfonamides is 1. The molecule has 0 saturated carbocycles. The molecule has 40 heavy (non-hydrogen) atoms. The highest BCUT2D eigenvalue weighted by atomic mass is 35.5. The van der Waals surface area contributed by atoms with Crippen LogP contribution in [-0.2, 0) is 39.1 Å². The zero-order valence-corrected chi connectivity index (χ0v) is 24.1.